The molecule has 0 amide bonds. The lowest BCUT2D eigenvalue weighted by molar-refractivity contribution is 0.616. The van der Waals surface area contributed by atoms with E-state index in [0.717, 1.165) is 11.3 Å². The van der Waals surface area contributed by atoms with E-state index in [1.165, 1.54) is 0 Å². The molecule has 0 saturated carbocycles. The van der Waals surface area contributed by atoms with Gasteiger partial charge >= 0.3 is 0 Å². The van der Waals surface area contributed by atoms with E-state index in [1.807, 2.05) is 48.8 Å². The number of pyridine rings is 1. The zero-order valence-corrected chi connectivity index (χ0v) is 10.4. The molecular weight excluding hydrogens is 244 g/mol. The third-order valence-electron chi connectivity index (χ3n) is 2.53. The number of nitrogens with zero attached hydrogens (tertiary/aromatic N) is 3. The van der Waals surface area contributed by atoms with Crippen molar-refractivity contribution in [2.45, 2.75) is 5.25 Å². The second-order valence-corrected chi connectivity index (χ2v) is 4.89. The Balaban J connectivity index is 1.65. The van der Waals surface area contributed by atoms with E-state index in [1.54, 1.807) is 22.7 Å². The van der Waals surface area contributed by atoms with Gasteiger partial charge in [-0.15, -0.1) is 4.52 Å². The van der Waals surface area contributed by atoms with Gasteiger partial charge in [-0.1, -0.05) is 24.3 Å². The highest BCUT2D eigenvalue weighted by Crippen LogP contribution is 2.34. The van der Waals surface area contributed by atoms with Crippen LogP contribution in [0.5, 0.6) is 0 Å². The Morgan fingerprint density at radius 1 is 1.11 bits per heavy atom. The number of hydrazone groups is 1. The topological polar surface area (TPSA) is 40.5 Å². The van der Waals surface area contributed by atoms with Crippen LogP contribution in [0, 0.1) is 0 Å². The number of hydrazine groups is 1. The summed E-state index contributed by atoms with van der Waals surface area (Å²) >= 11 is 1.62. The van der Waals surface area contributed by atoms with Gasteiger partial charge in [0.05, 0.1) is 10.9 Å². The molecule has 4 nitrogen and oxygen atoms in total. The molecule has 3 rings (SSSR count). The summed E-state index contributed by atoms with van der Waals surface area (Å²) in [5.41, 5.74) is 5.40. The van der Waals surface area contributed by atoms with Gasteiger partial charge in [0, 0.05) is 30.6 Å². The van der Waals surface area contributed by atoms with Crippen LogP contribution in [0.1, 0.15) is 10.8 Å². The van der Waals surface area contributed by atoms with Gasteiger partial charge in [0.2, 0.25) is 0 Å². The van der Waals surface area contributed by atoms with Crippen LogP contribution in [0.4, 0.5) is 5.69 Å². The average molecular weight is 256 g/mol. The maximum Gasteiger partial charge on any atom is 0.0919 e. The molecule has 0 fully saturated rings. The Hall–Kier alpha value is -2.01. The summed E-state index contributed by atoms with van der Waals surface area (Å²) in [5.74, 6) is 0. The number of hydrogen-bond acceptors (Lipinski definition) is 5. The minimum Gasteiger partial charge on any atom is -0.272 e. The molecule has 18 heavy (non-hydrogen) atoms. The summed E-state index contributed by atoms with van der Waals surface area (Å²) in [6, 6.07) is 14.0. The van der Waals surface area contributed by atoms with E-state index in [2.05, 4.69) is 21.6 Å². The van der Waals surface area contributed by atoms with Gasteiger partial charge in [-0.05, 0) is 23.8 Å². The van der Waals surface area contributed by atoms with Crippen molar-refractivity contribution in [3.05, 3.63) is 60.4 Å². The highest BCUT2D eigenvalue weighted by atomic mass is 32.2. The maximum absolute atomic E-state index is 4.32. The molecule has 1 aromatic heterocycles. The maximum atomic E-state index is 4.32. The minimum absolute atomic E-state index is 0.218. The molecule has 90 valence electrons. The van der Waals surface area contributed by atoms with Crippen molar-refractivity contribution in [1.29, 1.82) is 0 Å². The number of benzene rings is 1. The van der Waals surface area contributed by atoms with Crippen LogP contribution in [0.25, 0.3) is 0 Å². The largest absolute Gasteiger partial charge is 0.272 e. The zero-order chi connectivity index (χ0) is 12.2. The fraction of sp³-hybridized carbons (Fsp3) is 0.0769. The quantitative estimate of drug-likeness (QED) is 0.857. The number of nitrogens with one attached hydrogen (secondary N) is 1. The predicted octanol–water partition coefficient (Wildman–Crippen LogP) is 3.10. The fourth-order valence-corrected chi connectivity index (χ4v) is 2.50. The van der Waals surface area contributed by atoms with Crippen molar-refractivity contribution in [3.63, 3.8) is 0 Å². The first-order valence-corrected chi connectivity index (χ1v) is 6.48. The molecule has 0 saturated heterocycles. The third-order valence-corrected chi connectivity index (χ3v) is 3.54. The Labute approximate surface area is 110 Å². The molecule has 0 radical (unpaired) electrons. The zero-order valence-electron chi connectivity index (χ0n) is 9.60. The first kappa shape index (κ1) is 11.1. The molecule has 0 bridgehead atoms. The molecule has 0 aliphatic carbocycles. The molecule has 2 aromatic rings. The first-order chi connectivity index (χ1) is 8.92. The summed E-state index contributed by atoms with van der Waals surface area (Å²) in [5, 5.41) is 4.54. The highest BCUT2D eigenvalue weighted by Gasteiger charge is 2.20. The Kier molecular flexibility index (Phi) is 3.14. The van der Waals surface area contributed by atoms with Gasteiger partial charge in [0.15, 0.2) is 0 Å². The van der Waals surface area contributed by atoms with E-state index in [-0.39, 0.29) is 5.25 Å². The molecule has 1 aliphatic rings. The highest BCUT2D eigenvalue weighted by molar-refractivity contribution is 7.98. The number of para-hydroxylation sites is 1. The van der Waals surface area contributed by atoms with Crippen molar-refractivity contribution in [3.8, 4) is 0 Å². The molecule has 1 unspecified atom stereocenters. The molecule has 2 heterocycles. The summed E-state index contributed by atoms with van der Waals surface area (Å²) in [4.78, 5) is 4.12. The van der Waals surface area contributed by atoms with Gasteiger partial charge < -0.3 is 0 Å². The van der Waals surface area contributed by atoms with Crippen LogP contribution in [0.2, 0.25) is 0 Å². The summed E-state index contributed by atoms with van der Waals surface area (Å²) in [7, 11) is 0. The van der Waals surface area contributed by atoms with Gasteiger partial charge in [-0.25, -0.2) is 0 Å². The van der Waals surface area contributed by atoms with Gasteiger partial charge in [-0.3, -0.25) is 10.4 Å². The Morgan fingerprint density at radius 2 is 2.00 bits per heavy atom. The Morgan fingerprint density at radius 3 is 2.78 bits per heavy atom. The summed E-state index contributed by atoms with van der Waals surface area (Å²) < 4.78 is 1.77. The first-order valence-electron chi connectivity index (χ1n) is 5.64. The molecule has 0 spiro atoms. The molecule has 5 heteroatoms. The summed E-state index contributed by atoms with van der Waals surface area (Å²) in [6.45, 7) is 0. The number of hydrogen-bond donors (Lipinski definition) is 1. The van der Waals surface area contributed by atoms with Crippen LogP contribution in [0.15, 0.2) is 60.0 Å². The van der Waals surface area contributed by atoms with E-state index in [9.17, 15) is 0 Å². The molecule has 1 atom stereocenters. The second-order valence-electron chi connectivity index (χ2n) is 3.83. The van der Waals surface area contributed by atoms with E-state index in [4.69, 9.17) is 0 Å². The standard InChI is InChI=1S/C13H12N4S/c1-2-6-12(7-3-1)16-17-15-10-13(18-17)11-5-4-8-14-9-11/h1-10,13,16H. The van der Waals surface area contributed by atoms with E-state index in [0.29, 0.717) is 0 Å². The van der Waals surface area contributed by atoms with Crippen molar-refractivity contribution in [1.82, 2.24) is 9.51 Å². The normalized spacial score (nSPS) is 18.0. The predicted molar refractivity (Wildman–Crippen MR) is 75.0 cm³/mol. The minimum atomic E-state index is 0.218. The van der Waals surface area contributed by atoms with Crippen LogP contribution < -0.4 is 5.43 Å². The SMILES string of the molecule is C1=NN(Nc2ccccc2)SC1c1cccnc1. The lowest BCUT2D eigenvalue weighted by Crippen LogP contribution is -2.13. The molecule has 1 aliphatic heterocycles. The fourth-order valence-electron chi connectivity index (χ4n) is 1.65. The number of rotatable bonds is 3. The third kappa shape index (κ3) is 2.46. The molecule has 1 aromatic carbocycles. The number of aromatic nitrogens is 1. The average Bonchev–Trinajstić information content (AvgIpc) is 2.89. The lowest BCUT2D eigenvalue weighted by Gasteiger charge is -2.16. The van der Waals surface area contributed by atoms with E-state index >= 15 is 0 Å². The second kappa shape index (κ2) is 5.10. The van der Waals surface area contributed by atoms with Crippen LogP contribution in [0.3, 0.4) is 0 Å². The van der Waals surface area contributed by atoms with Crippen molar-refractivity contribution in [2.24, 2.45) is 5.10 Å². The number of anilines is 1. The van der Waals surface area contributed by atoms with Crippen molar-refractivity contribution < 1.29 is 0 Å². The van der Waals surface area contributed by atoms with Crippen molar-refractivity contribution >= 4 is 23.8 Å². The monoisotopic (exact) mass is 256 g/mol. The van der Waals surface area contributed by atoms with Crippen LogP contribution in [-0.4, -0.2) is 15.7 Å². The Bertz CT molecular complexity index is 529. The molecular formula is C13H12N4S. The van der Waals surface area contributed by atoms with Crippen LogP contribution >= 0.6 is 11.9 Å². The van der Waals surface area contributed by atoms with Crippen LogP contribution in [-0.2, 0) is 0 Å². The van der Waals surface area contributed by atoms with Gasteiger partial charge in [-0.2, -0.15) is 5.10 Å². The lowest BCUT2D eigenvalue weighted by atomic mass is 10.2. The molecule has 1 N–H and O–H groups in total. The van der Waals surface area contributed by atoms with Gasteiger partial charge in [0.25, 0.3) is 0 Å². The summed E-state index contributed by atoms with van der Waals surface area (Å²) in [6.07, 6.45) is 5.56. The van der Waals surface area contributed by atoms with E-state index < -0.39 is 0 Å². The smallest absolute Gasteiger partial charge is 0.0919 e. The van der Waals surface area contributed by atoms with Crippen molar-refractivity contribution in [2.75, 3.05) is 5.43 Å². The van der Waals surface area contributed by atoms with Gasteiger partial charge in [0.1, 0.15) is 0 Å².